The maximum absolute atomic E-state index is 11.0. The van der Waals surface area contributed by atoms with Crippen LogP contribution in [0.15, 0.2) is 0 Å². The molecule has 28 heavy (non-hydrogen) atoms. The molecule has 0 aromatic carbocycles. The third kappa shape index (κ3) is 7.03. The first kappa shape index (κ1) is 29.1. The van der Waals surface area contributed by atoms with Crippen molar-refractivity contribution in [3.05, 3.63) is 0 Å². The molecule has 6 nitrogen and oxygen atoms in total. The van der Waals surface area contributed by atoms with Crippen LogP contribution in [0.5, 0.6) is 0 Å². The molecule has 0 aliphatic heterocycles. The predicted octanol–water partition coefficient (Wildman–Crippen LogP) is 3.40. The Labute approximate surface area is 172 Å². The molecule has 0 radical (unpaired) electrons. The quantitative estimate of drug-likeness (QED) is 0.547. The van der Waals surface area contributed by atoms with Gasteiger partial charge in [0.25, 0.3) is 0 Å². The van der Waals surface area contributed by atoms with Crippen molar-refractivity contribution in [3.63, 3.8) is 0 Å². The fourth-order valence-corrected chi connectivity index (χ4v) is 2.72. The standard InChI is InChI=1S/2C11H23NO2/c2*1-8(13)12-10(4,5)9(2,3)11(6,7)14/h2*14H,1-7H3,(H,12,13). The van der Waals surface area contributed by atoms with Gasteiger partial charge >= 0.3 is 0 Å². The van der Waals surface area contributed by atoms with E-state index in [0.29, 0.717) is 0 Å². The average molecular weight is 403 g/mol. The highest BCUT2D eigenvalue weighted by Crippen LogP contribution is 2.41. The summed E-state index contributed by atoms with van der Waals surface area (Å²) >= 11 is 0. The predicted molar refractivity (Wildman–Crippen MR) is 116 cm³/mol. The molecule has 0 rings (SSSR count). The second-order valence-electron chi connectivity index (χ2n) is 11.0. The fourth-order valence-electron chi connectivity index (χ4n) is 2.72. The van der Waals surface area contributed by atoms with Crippen LogP contribution in [0.1, 0.15) is 96.9 Å². The van der Waals surface area contributed by atoms with Gasteiger partial charge in [-0.2, -0.15) is 0 Å². The molecule has 0 aliphatic carbocycles. The molecule has 4 N–H and O–H groups in total. The summed E-state index contributed by atoms with van der Waals surface area (Å²) in [6, 6.07) is 0. The number of aliphatic hydroxyl groups is 2. The Morgan fingerprint density at radius 2 is 0.714 bits per heavy atom. The van der Waals surface area contributed by atoms with E-state index >= 15 is 0 Å². The molecular weight excluding hydrogens is 356 g/mol. The number of hydrogen-bond donors (Lipinski definition) is 4. The van der Waals surface area contributed by atoms with Crippen molar-refractivity contribution >= 4 is 11.8 Å². The number of rotatable bonds is 6. The minimum absolute atomic E-state index is 0.0766. The van der Waals surface area contributed by atoms with Gasteiger partial charge in [-0.25, -0.2) is 0 Å². The molecule has 168 valence electrons. The molecule has 0 saturated heterocycles. The second-order valence-corrected chi connectivity index (χ2v) is 11.0. The van der Waals surface area contributed by atoms with Crippen LogP contribution in [-0.4, -0.2) is 44.3 Å². The van der Waals surface area contributed by atoms with Gasteiger partial charge in [0.15, 0.2) is 0 Å². The van der Waals surface area contributed by atoms with E-state index in [9.17, 15) is 19.8 Å². The molecule has 0 aliphatic rings. The van der Waals surface area contributed by atoms with Gasteiger partial charge < -0.3 is 20.8 Å². The molecule has 0 bridgehead atoms. The van der Waals surface area contributed by atoms with Crippen LogP contribution in [0, 0.1) is 10.8 Å². The highest BCUT2D eigenvalue weighted by atomic mass is 16.3. The van der Waals surface area contributed by atoms with E-state index in [-0.39, 0.29) is 11.8 Å². The van der Waals surface area contributed by atoms with Gasteiger partial charge in [0.2, 0.25) is 11.8 Å². The van der Waals surface area contributed by atoms with Gasteiger partial charge in [0.1, 0.15) is 0 Å². The van der Waals surface area contributed by atoms with Gasteiger partial charge in [0, 0.05) is 35.8 Å². The monoisotopic (exact) mass is 402 g/mol. The van der Waals surface area contributed by atoms with E-state index < -0.39 is 33.1 Å². The Hall–Kier alpha value is -1.14. The SMILES string of the molecule is CC(=O)NC(C)(C)C(C)(C)C(C)(C)O.CC(=O)NC(C)(C)C(C)(C)C(C)(C)O. The largest absolute Gasteiger partial charge is 0.390 e. The molecule has 2 amide bonds. The molecule has 0 unspecified atom stereocenters. The maximum atomic E-state index is 11.0. The number of hydrogen-bond acceptors (Lipinski definition) is 4. The first-order chi connectivity index (χ1) is 11.8. The van der Waals surface area contributed by atoms with Crippen LogP contribution in [0.25, 0.3) is 0 Å². The number of carbonyl (C=O) groups is 2. The Morgan fingerprint density at radius 3 is 0.821 bits per heavy atom. The molecule has 6 heteroatoms. The van der Waals surface area contributed by atoms with E-state index in [1.165, 1.54) is 13.8 Å². The highest BCUT2D eigenvalue weighted by Gasteiger charge is 2.48. The minimum Gasteiger partial charge on any atom is -0.390 e. The molecular formula is C22H46N2O4. The summed E-state index contributed by atoms with van der Waals surface area (Å²) in [5, 5.41) is 25.8. The average Bonchev–Trinajstić information content (AvgIpc) is 2.32. The van der Waals surface area contributed by atoms with Crippen molar-refractivity contribution in [2.24, 2.45) is 10.8 Å². The Bertz CT molecular complexity index is 498. The molecule has 0 aromatic heterocycles. The topological polar surface area (TPSA) is 98.7 Å². The Kier molecular flexibility index (Phi) is 9.03. The second kappa shape index (κ2) is 8.70. The lowest BCUT2D eigenvalue weighted by Crippen LogP contribution is -2.61. The van der Waals surface area contributed by atoms with Gasteiger partial charge in [-0.05, 0) is 55.4 Å². The molecule has 0 fully saturated rings. The van der Waals surface area contributed by atoms with Crippen molar-refractivity contribution in [3.8, 4) is 0 Å². The smallest absolute Gasteiger partial charge is 0.217 e. The minimum atomic E-state index is -0.848. The van der Waals surface area contributed by atoms with Gasteiger partial charge in [-0.1, -0.05) is 27.7 Å². The first-order valence-corrected chi connectivity index (χ1v) is 9.86. The maximum Gasteiger partial charge on any atom is 0.217 e. The molecule has 0 atom stereocenters. The zero-order chi connectivity index (χ0) is 23.6. The van der Waals surface area contributed by atoms with Gasteiger partial charge in [-0.15, -0.1) is 0 Å². The lowest BCUT2D eigenvalue weighted by Gasteiger charge is -2.49. The molecule has 0 aromatic rings. The highest BCUT2D eigenvalue weighted by molar-refractivity contribution is 5.74. The van der Waals surface area contributed by atoms with Gasteiger partial charge in [-0.3, -0.25) is 9.59 Å². The van der Waals surface area contributed by atoms with Crippen LogP contribution in [0.3, 0.4) is 0 Å². The zero-order valence-corrected chi connectivity index (χ0v) is 20.7. The van der Waals surface area contributed by atoms with Crippen LogP contribution in [-0.2, 0) is 9.59 Å². The summed E-state index contributed by atoms with van der Waals surface area (Å²) in [5.74, 6) is -0.153. The van der Waals surface area contributed by atoms with Crippen LogP contribution in [0.2, 0.25) is 0 Å². The van der Waals surface area contributed by atoms with E-state index in [1.54, 1.807) is 27.7 Å². The van der Waals surface area contributed by atoms with Gasteiger partial charge in [0.05, 0.1) is 11.2 Å². The summed E-state index contributed by atoms with van der Waals surface area (Å²) in [6.45, 7) is 25.5. The zero-order valence-electron chi connectivity index (χ0n) is 20.7. The van der Waals surface area contributed by atoms with Crippen LogP contribution >= 0.6 is 0 Å². The van der Waals surface area contributed by atoms with E-state index in [4.69, 9.17) is 0 Å². The normalized spacial score (nSPS) is 14.0. The summed E-state index contributed by atoms with van der Waals surface area (Å²) in [6.07, 6.45) is 0. The fraction of sp³-hybridized carbons (Fsp3) is 0.909. The third-order valence-electron chi connectivity index (χ3n) is 7.16. The number of nitrogens with one attached hydrogen (secondary N) is 2. The van der Waals surface area contributed by atoms with Crippen LogP contribution in [0.4, 0.5) is 0 Å². The first-order valence-electron chi connectivity index (χ1n) is 9.86. The molecule has 0 saturated carbocycles. The summed E-state index contributed by atoms with van der Waals surface area (Å²) in [7, 11) is 0. The van der Waals surface area contributed by atoms with Crippen molar-refractivity contribution in [2.75, 3.05) is 0 Å². The third-order valence-corrected chi connectivity index (χ3v) is 7.16. The van der Waals surface area contributed by atoms with E-state index in [1.807, 2.05) is 55.4 Å². The van der Waals surface area contributed by atoms with E-state index in [2.05, 4.69) is 10.6 Å². The lowest BCUT2D eigenvalue weighted by molar-refractivity contribution is -0.128. The van der Waals surface area contributed by atoms with Crippen molar-refractivity contribution < 1.29 is 19.8 Å². The lowest BCUT2D eigenvalue weighted by atomic mass is 9.64. The van der Waals surface area contributed by atoms with Crippen LogP contribution < -0.4 is 10.6 Å². The summed E-state index contributed by atoms with van der Waals surface area (Å²) in [5.41, 5.74) is -3.41. The molecule has 0 heterocycles. The van der Waals surface area contributed by atoms with Crippen molar-refractivity contribution in [2.45, 2.75) is 119 Å². The van der Waals surface area contributed by atoms with Crippen molar-refractivity contribution in [1.29, 1.82) is 0 Å². The number of carbonyl (C=O) groups excluding carboxylic acids is 2. The summed E-state index contributed by atoms with van der Waals surface area (Å²) < 4.78 is 0. The Morgan fingerprint density at radius 1 is 0.536 bits per heavy atom. The summed E-state index contributed by atoms with van der Waals surface area (Å²) in [4.78, 5) is 22.1. The van der Waals surface area contributed by atoms with E-state index in [0.717, 1.165) is 0 Å². The number of amides is 2. The molecule has 0 spiro atoms. The van der Waals surface area contributed by atoms with Crippen molar-refractivity contribution in [1.82, 2.24) is 10.6 Å². The Balaban J connectivity index is 0.